The second-order valence-corrected chi connectivity index (χ2v) is 7.50. The zero-order valence-electron chi connectivity index (χ0n) is 16.0. The summed E-state index contributed by atoms with van der Waals surface area (Å²) in [5.74, 6) is -0.533. The van der Waals surface area contributed by atoms with Crippen LogP contribution >= 0.6 is 0 Å². The maximum Gasteiger partial charge on any atom is 0.228 e. The Hall–Kier alpha value is -2.89. The van der Waals surface area contributed by atoms with Crippen molar-refractivity contribution in [1.82, 2.24) is 4.90 Å². The van der Waals surface area contributed by atoms with Gasteiger partial charge in [-0.3, -0.25) is 9.59 Å². The van der Waals surface area contributed by atoms with E-state index in [4.69, 9.17) is 0 Å². The number of carbonyl (C=O) groups excluding carboxylic acids is 2. The fourth-order valence-electron chi connectivity index (χ4n) is 3.98. The molecule has 2 amide bonds. The topological polar surface area (TPSA) is 43.9 Å². The summed E-state index contributed by atoms with van der Waals surface area (Å²) in [5.41, 5.74) is 2.56. The lowest BCUT2D eigenvalue weighted by Crippen LogP contribution is -2.51. The third-order valence-electron chi connectivity index (χ3n) is 5.60. The van der Waals surface area contributed by atoms with E-state index in [0.717, 1.165) is 11.3 Å². The molecule has 2 aliphatic heterocycles. The molecule has 0 bridgehead atoms. The molecule has 1 atom stereocenters. The van der Waals surface area contributed by atoms with Crippen LogP contribution in [0.1, 0.15) is 12.0 Å². The number of carbonyl (C=O) groups is 2. The number of anilines is 2. The van der Waals surface area contributed by atoms with Gasteiger partial charge in [0.2, 0.25) is 11.8 Å². The molecule has 146 valence electrons. The molecule has 0 radical (unpaired) electrons. The number of amides is 2. The molecule has 6 heteroatoms. The minimum atomic E-state index is -0.311. The van der Waals surface area contributed by atoms with Gasteiger partial charge in [0.1, 0.15) is 5.82 Å². The first-order valence-corrected chi connectivity index (χ1v) is 9.68. The minimum Gasteiger partial charge on any atom is -0.366 e. The van der Waals surface area contributed by atoms with Crippen LogP contribution in [-0.4, -0.2) is 49.4 Å². The third kappa shape index (κ3) is 3.59. The molecular formula is C22H24FN3O2. The minimum absolute atomic E-state index is 0.00723. The van der Waals surface area contributed by atoms with Gasteiger partial charge in [0.25, 0.3) is 0 Å². The van der Waals surface area contributed by atoms with E-state index in [1.807, 2.05) is 47.1 Å². The van der Waals surface area contributed by atoms with E-state index in [1.54, 1.807) is 17.0 Å². The number of benzene rings is 2. The highest BCUT2D eigenvalue weighted by Gasteiger charge is 2.38. The van der Waals surface area contributed by atoms with E-state index < -0.39 is 0 Å². The summed E-state index contributed by atoms with van der Waals surface area (Å²) in [5, 5.41) is 0. The molecule has 0 aromatic heterocycles. The number of para-hydroxylation sites is 1. The van der Waals surface area contributed by atoms with Gasteiger partial charge in [-0.25, -0.2) is 4.39 Å². The van der Waals surface area contributed by atoms with Crippen molar-refractivity contribution in [2.45, 2.75) is 13.3 Å². The van der Waals surface area contributed by atoms with Crippen LogP contribution in [0.25, 0.3) is 0 Å². The lowest BCUT2D eigenvalue weighted by Gasteiger charge is -2.37. The second kappa shape index (κ2) is 7.62. The first kappa shape index (κ1) is 18.5. The molecule has 0 N–H and O–H groups in total. The summed E-state index contributed by atoms with van der Waals surface area (Å²) >= 11 is 0. The zero-order valence-corrected chi connectivity index (χ0v) is 16.0. The molecule has 2 fully saturated rings. The lowest BCUT2D eigenvalue weighted by atomic mass is 10.1. The van der Waals surface area contributed by atoms with Crippen LogP contribution in [0.4, 0.5) is 15.8 Å². The molecule has 2 aromatic rings. The molecule has 4 rings (SSSR count). The summed E-state index contributed by atoms with van der Waals surface area (Å²) in [6.07, 6.45) is 0.250. The summed E-state index contributed by atoms with van der Waals surface area (Å²) in [6, 6.07) is 14.5. The number of hydrogen-bond acceptors (Lipinski definition) is 3. The van der Waals surface area contributed by atoms with E-state index >= 15 is 0 Å². The maximum absolute atomic E-state index is 14.0. The number of nitrogens with zero attached hydrogens (tertiary/aromatic N) is 3. The summed E-state index contributed by atoms with van der Waals surface area (Å²) < 4.78 is 14.0. The monoisotopic (exact) mass is 381 g/mol. The molecule has 2 aliphatic rings. The van der Waals surface area contributed by atoms with Crippen LogP contribution in [0, 0.1) is 18.7 Å². The van der Waals surface area contributed by atoms with Crippen molar-refractivity contribution >= 4 is 23.2 Å². The van der Waals surface area contributed by atoms with Crippen LogP contribution in [0.2, 0.25) is 0 Å². The molecule has 28 heavy (non-hydrogen) atoms. The predicted molar refractivity (Wildman–Crippen MR) is 107 cm³/mol. The first-order chi connectivity index (χ1) is 13.5. The van der Waals surface area contributed by atoms with Crippen LogP contribution in [0.3, 0.4) is 0 Å². The van der Waals surface area contributed by atoms with Crippen molar-refractivity contribution in [2.75, 3.05) is 42.5 Å². The van der Waals surface area contributed by atoms with E-state index in [2.05, 4.69) is 0 Å². The molecule has 2 heterocycles. The average Bonchev–Trinajstić information content (AvgIpc) is 3.10. The fourth-order valence-corrected chi connectivity index (χ4v) is 3.98. The molecular weight excluding hydrogens is 357 g/mol. The fraction of sp³-hybridized carbons (Fsp3) is 0.364. The highest BCUT2D eigenvalue weighted by Crippen LogP contribution is 2.27. The Morgan fingerprint density at radius 3 is 2.36 bits per heavy atom. The maximum atomic E-state index is 14.0. The van der Waals surface area contributed by atoms with E-state index in [1.165, 1.54) is 6.07 Å². The average molecular weight is 381 g/mol. The predicted octanol–water partition coefficient (Wildman–Crippen LogP) is 2.84. The van der Waals surface area contributed by atoms with Gasteiger partial charge in [0, 0.05) is 44.8 Å². The van der Waals surface area contributed by atoms with Crippen molar-refractivity contribution < 1.29 is 14.0 Å². The van der Waals surface area contributed by atoms with Crippen molar-refractivity contribution in [3.8, 4) is 0 Å². The van der Waals surface area contributed by atoms with E-state index in [-0.39, 0.29) is 30.0 Å². The smallest absolute Gasteiger partial charge is 0.228 e. The summed E-state index contributed by atoms with van der Waals surface area (Å²) in [7, 11) is 0. The number of rotatable bonds is 3. The molecule has 5 nitrogen and oxygen atoms in total. The van der Waals surface area contributed by atoms with Gasteiger partial charge in [-0.15, -0.1) is 0 Å². The SMILES string of the molecule is Cc1ccc(N2C[C@H](C(=O)N3CCN(c4ccccc4F)CC3)CC2=O)cc1. The number of halogens is 1. The Morgan fingerprint density at radius 2 is 1.68 bits per heavy atom. The Bertz CT molecular complexity index is 876. The molecule has 0 aliphatic carbocycles. The largest absolute Gasteiger partial charge is 0.366 e. The van der Waals surface area contributed by atoms with Gasteiger partial charge in [-0.1, -0.05) is 29.8 Å². The van der Waals surface area contributed by atoms with Gasteiger partial charge in [0.05, 0.1) is 11.6 Å². The summed E-state index contributed by atoms with van der Waals surface area (Å²) in [6.45, 7) is 4.70. The van der Waals surface area contributed by atoms with Crippen LogP contribution in [0.5, 0.6) is 0 Å². The van der Waals surface area contributed by atoms with Crippen molar-refractivity contribution in [3.63, 3.8) is 0 Å². The summed E-state index contributed by atoms with van der Waals surface area (Å²) in [4.78, 5) is 30.9. The normalized spacial score (nSPS) is 20.0. The van der Waals surface area contributed by atoms with Gasteiger partial charge < -0.3 is 14.7 Å². The highest BCUT2D eigenvalue weighted by molar-refractivity contribution is 6.00. The van der Waals surface area contributed by atoms with Crippen molar-refractivity contribution in [3.05, 3.63) is 59.9 Å². The quantitative estimate of drug-likeness (QED) is 0.821. The molecule has 0 saturated carbocycles. The zero-order chi connectivity index (χ0) is 19.7. The lowest BCUT2D eigenvalue weighted by molar-refractivity contribution is -0.136. The Morgan fingerprint density at radius 1 is 1.00 bits per heavy atom. The highest BCUT2D eigenvalue weighted by atomic mass is 19.1. The standard InChI is InChI=1S/C22H24FN3O2/c1-16-6-8-18(9-7-16)26-15-17(14-21(26)27)22(28)25-12-10-24(11-13-25)20-5-3-2-4-19(20)23/h2-9,17H,10-15H2,1H3/t17-/m1/s1. The van der Waals surface area contributed by atoms with Crippen LogP contribution < -0.4 is 9.80 Å². The van der Waals surface area contributed by atoms with Gasteiger partial charge in [-0.05, 0) is 31.2 Å². The van der Waals surface area contributed by atoms with Gasteiger partial charge in [0.15, 0.2) is 0 Å². The molecule has 2 aromatic carbocycles. The molecule has 0 unspecified atom stereocenters. The number of piperazine rings is 1. The molecule has 0 spiro atoms. The number of aryl methyl sites for hydroxylation is 1. The van der Waals surface area contributed by atoms with E-state index in [9.17, 15) is 14.0 Å². The van der Waals surface area contributed by atoms with Crippen molar-refractivity contribution in [1.29, 1.82) is 0 Å². The number of hydrogen-bond donors (Lipinski definition) is 0. The second-order valence-electron chi connectivity index (χ2n) is 7.50. The Balaban J connectivity index is 1.37. The van der Waals surface area contributed by atoms with Crippen LogP contribution in [-0.2, 0) is 9.59 Å². The van der Waals surface area contributed by atoms with Crippen molar-refractivity contribution in [2.24, 2.45) is 5.92 Å². The van der Waals surface area contributed by atoms with E-state index in [0.29, 0.717) is 38.4 Å². The van der Waals surface area contributed by atoms with Gasteiger partial charge >= 0.3 is 0 Å². The Labute approximate surface area is 164 Å². The van der Waals surface area contributed by atoms with Crippen LogP contribution in [0.15, 0.2) is 48.5 Å². The van der Waals surface area contributed by atoms with Gasteiger partial charge in [-0.2, -0.15) is 0 Å². The third-order valence-corrected chi connectivity index (χ3v) is 5.60. The first-order valence-electron chi connectivity index (χ1n) is 9.68. The molecule has 2 saturated heterocycles. The Kier molecular flexibility index (Phi) is 5.03.